The molecule has 0 fully saturated rings. The van der Waals surface area contributed by atoms with Gasteiger partial charge >= 0.3 is 5.69 Å². The third-order valence-corrected chi connectivity index (χ3v) is 6.62. The van der Waals surface area contributed by atoms with E-state index in [1.807, 2.05) is 0 Å². The SMILES string of the molecule is CCS(=O)(=O)n1cc(-c2ccnc(Nc3cc([N+](=O)[O-])c(F)cc3OC)n2)c2ccccc21. The molecule has 0 amide bonds. The Balaban J connectivity index is 1.80. The number of aromatic nitrogens is 3. The predicted molar refractivity (Wildman–Crippen MR) is 121 cm³/mol. The average molecular weight is 471 g/mol. The Labute approximate surface area is 187 Å². The molecule has 2 aromatic carbocycles. The number of nitrogens with one attached hydrogen (secondary N) is 1. The molecular formula is C21H18FN5O5S. The fourth-order valence-corrected chi connectivity index (χ4v) is 4.37. The third kappa shape index (κ3) is 4.07. The topological polar surface area (TPSA) is 129 Å². The van der Waals surface area contributed by atoms with Gasteiger partial charge in [-0.05, 0) is 19.1 Å². The fourth-order valence-electron chi connectivity index (χ4n) is 3.36. The minimum absolute atomic E-state index is 0.0257. The van der Waals surface area contributed by atoms with Gasteiger partial charge in [-0.1, -0.05) is 18.2 Å². The van der Waals surface area contributed by atoms with E-state index in [1.165, 1.54) is 23.5 Å². The van der Waals surface area contributed by atoms with E-state index < -0.39 is 26.5 Å². The maximum atomic E-state index is 13.9. The number of anilines is 2. The van der Waals surface area contributed by atoms with Crippen LogP contribution in [-0.2, 0) is 10.0 Å². The quantitative estimate of drug-likeness (QED) is 0.315. The molecule has 12 heteroatoms. The summed E-state index contributed by atoms with van der Waals surface area (Å²) in [6, 6.07) is 10.5. The second kappa shape index (κ2) is 8.47. The number of halogens is 1. The van der Waals surface area contributed by atoms with Crippen molar-refractivity contribution in [3.63, 3.8) is 0 Å². The fraction of sp³-hybridized carbons (Fsp3) is 0.143. The zero-order valence-corrected chi connectivity index (χ0v) is 18.3. The number of para-hydroxylation sites is 1. The highest BCUT2D eigenvalue weighted by molar-refractivity contribution is 7.90. The van der Waals surface area contributed by atoms with E-state index in [0.717, 1.165) is 12.1 Å². The summed E-state index contributed by atoms with van der Waals surface area (Å²) in [6.45, 7) is 1.56. The molecule has 4 rings (SSSR count). The lowest BCUT2D eigenvalue weighted by molar-refractivity contribution is -0.387. The summed E-state index contributed by atoms with van der Waals surface area (Å²) in [6.07, 6.45) is 2.95. The molecule has 2 aromatic heterocycles. The average Bonchev–Trinajstić information content (AvgIpc) is 3.20. The number of hydrogen-bond donors (Lipinski definition) is 1. The molecule has 0 saturated carbocycles. The largest absolute Gasteiger partial charge is 0.494 e. The zero-order valence-electron chi connectivity index (χ0n) is 17.5. The zero-order chi connectivity index (χ0) is 23.8. The van der Waals surface area contributed by atoms with Crippen LogP contribution in [0.5, 0.6) is 5.75 Å². The van der Waals surface area contributed by atoms with Gasteiger partial charge in [-0.15, -0.1) is 0 Å². The standard InChI is InChI=1S/C21H18FN5O5S/c1-3-33(30,31)26-12-14(13-6-4-5-7-18(13)26)16-8-9-23-21(24-16)25-17-11-19(27(28)29)15(22)10-20(17)32-2/h4-12H,3H2,1-2H3,(H,23,24,25). The summed E-state index contributed by atoms with van der Waals surface area (Å²) in [7, 11) is -2.26. The maximum absolute atomic E-state index is 13.9. The third-order valence-electron chi connectivity index (χ3n) is 4.99. The molecule has 2 heterocycles. The minimum atomic E-state index is -3.55. The number of hydrogen-bond acceptors (Lipinski definition) is 8. The number of ether oxygens (including phenoxy) is 1. The van der Waals surface area contributed by atoms with Crippen molar-refractivity contribution in [3.05, 3.63) is 70.8 Å². The van der Waals surface area contributed by atoms with Gasteiger partial charge in [0, 0.05) is 35.5 Å². The van der Waals surface area contributed by atoms with E-state index in [0.29, 0.717) is 22.2 Å². The van der Waals surface area contributed by atoms with Gasteiger partial charge in [0.15, 0.2) is 0 Å². The van der Waals surface area contributed by atoms with Crippen LogP contribution in [-0.4, -0.2) is 40.1 Å². The van der Waals surface area contributed by atoms with Gasteiger partial charge in [0.05, 0.1) is 34.7 Å². The molecule has 10 nitrogen and oxygen atoms in total. The molecule has 1 N–H and O–H groups in total. The highest BCUT2D eigenvalue weighted by atomic mass is 32.2. The van der Waals surface area contributed by atoms with Crippen LogP contribution in [0.15, 0.2) is 54.9 Å². The smallest absolute Gasteiger partial charge is 0.307 e. The summed E-state index contributed by atoms with van der Waals surface area (Å²) in [4.78, 5) is 18.8. The van der Waals surface area contributed by atoms with Crippen LogP contribution in [0.1, 0.15) is 6.92 Å². The van der Waals surface area contributed by atoms with E-state index in [-0.39, 0.29) is 23.1 Å². The van der Waals surface area contributed by atoms with Gasteiger partial charge in [0.25, 0.3) is 0 Å². The van der Waals surface area contributed by atoms with Crippen LogP contribution in [0.4, 0.5) is 21.7 Å². The van der Waals surface area contributed by atoms with Crippen molar-refractivity contribution in [3.8, 4) is 17.0 Å². The van der Waals surface area contributed by atoms with E-state index in [4.69, 9.17) is 4.74 Å². The summed E-state index contributed by atoms with van der Waals surface area (Å²) in [5.74, 6) is -1.04. The minimum Gasteiger partial charge on any atom is -0.494 e. The maximum Gasteiger partial charge on any atom is 0.307 e. The first-order valence-corrected chi connectivity index (χ1v) is 11.3. The van der Waals surface area contributed by atoms with Gasteiger partial charge in [0.2, 0.25) is 21.8 Å². The number of benzene rings is 2. The van der Waals surface area contributed by atoms with Gasteiger partial charge < -0.3 is 10.1 Å². The van der Waals surface area contributed by atoms with Crippen LogP contribution in [0.2, 0.25) is 0 Å². The number of nitrogens with zero attached hydrogens (tertiary/aromatic N) is 4. The van der Waals surface area contributed by atoms with Crippen molar-refractivity contribution in [1.82, 2.24) is 13.9 Å². The molecule has 0 radical (unpaired) electrons. The molecule has 0 unspecified atom stereocenters. The highest BCUT2D eigenvalue weighted by Crippen LogP contribution is 2.34. The summed E-state index contributed by atoms with van der Waals surface area (Å²) >= 11 is 0. The predicted octanol–water partition coefficient (Wildman–Crippen LogP) is 4.10. The molecule has 0 aliphatic carbocycles. The summed E-state index contributed by atoms with van der Waals surface area (Å²) in [5, 5.41) is 14.6. The molecule has 0 spiro atoms. The lowest BCUT2D eigenvalue weighted by atomic mass is 10.1. The first-order chi connectivity index (χ1) is 15.7. The normalized spacial score (nSPS) is 11.5. The summed E-state index contributed by atoms with van der Waals surface area (Å²) in [5.41, 5.74) is 0.855. The van der Waals surface area contributed by atoms with Crippen molar-refractivity contribution in [2.45, 2.75) is 6.92 Å². The molecule has 0 bridgehead atoms. The molecular weight excluding hydrogens is 453 g/mol. The van der Waals surface area contributed by atoms with Crippen molar-refractivity contribution < 1.29 is 22.5 Å². The molecule has 33 heavy (non-hydrogen) atoms. The number of fused-ring (bicyclic) bond motifs is 1. The number of nitro benzene ring substituents is 1. The van der Waals surface area contributed by atoms with Crippen molar-refractivity contribution >= 4 is 38.2 Å². The Morgan fingerprint density at radius 1 is 1.24 bits per heavy atom. The summed E-state index contributed by atoms with van der Waals surface area (Å²) < 4.78 is 45.4. The van der Waals surface area contributed by atoms with E-state index >= 15 is 0 Å². The van der Waals surface area contributed by atoms with Gasteiger partial charge in [0.1, 0.15) is 5.75 Å². The van der Waals surface area contributed by atoms with Crippen molar-refractivity contribution in [2.24, 2.45) is 0 Å². The molecule has 0 atom stereocenters. The molecule has 4 aromatic rings. The van der Waals surface area contributed by atoms with Crippen LogP contribution in [0, 0.1) is 15.9 Å². The van der Waals surface area contributed by atoms with E-state index in [9.17, 15) is 22.9 Å². The lowest BCUT2D eigenvalue weighted by Gasteiger charge is -2.11. The Kier molecular flexibility index (Phi) is 5.68. The molecule has 0 aliphatic rings. The Morgan fingerprint density at radius 2 is 2.00 bits per heavy atom. The van der Waals surface area contributed by atoms with Crippen LogP contribution in [0.3, 0.4) is 0 Å². The van der Waals surface area contributed by atoms with Crippen LogP contribution in [0.25, 0.3) is 22.2 Å². The van der Waals surface area contributed by atoms with Crippen molar-refractivity contribution in [2.75, 3.05) is 18.2 Å². The number of rotatable bonds is 7. The molecule has 0 aliphatic heterocycles. The monoisotopic (exact) mass is 471 g/mol. The highest BCUT2D eigenvalue weighted by Gasteiger charge is 2.21. The Hall–Kier alpha value is -4.06. The Morgan fingerprint density at radius 3 is 2.70 bits per heavy atom. The second-order valence-electron chi connectivity index (χ2n) is 6.91. The number of methoxy groups -OCH3 is 1. The van der Waals surface area contributed by atoms with Crippen LogP contribution < -0.4 is 10.1 Å². The number of nitro groups is 1. The first kappa shape index (κ1) is 22.1. The molecule has 0 saturated heterocycles. The van der Waals surface area contributed by atoms with Gasteiger partial charge in [-0.3, -0.25) is 10.1 Å². The van der Waals surface area contributed by atoms with E-state index in [1.54, 1.807) is 37.3 Å². The second-order valence-corrected chi connectivity index (χ2v) is 9.04. The molecule has 170 valence electrons. The lowest BCUT2D eigenvalue weighted by Crippen LogP contribution is -2.13. The Bertz CT molecular complexity index is 1490. The van der Waals surface area contributed by atoms with Gasteiger partial charge in [-0.2, -0.15) is 4.39 Å². The van der Waals surface area contributed by atoms with Gasteiger partial charge in [-0.25, -0.2) is 22.4 Å². The van der Waals surface area contributed by atoms with Crippen molar-refractivity contribution in [1.29, 1.82) is 0 Å². The van der Waals surface area contributed by atoms with E-state index in [2.05, 4.69) is 15.3 Å². The van der Waals surface area contributed by atoms with Crippen LogP contribution >= 0.6 is 0 Å². The first-order valence-electron chi connectivity index (χ1n) is 9.71.